The van der Waals surface area contributed by atoms with Crippen LogP contribution in [-0.4, -0.2) is 29.8 Å². The van der Waals surface area contributed by atoms with Gasteiger partial charge in [-0.15, -0.1) is 0 Å². The molecule has 33 heavy (non-hydrogen) atoms. The van der Waals surface area contributed by atoms with Gasteiger partial charge in [-0.25, -0.2) is 0 Å². The van der Waals surface area contributed by atoms with Crippen molar-refractivity contribution in [2.45, 2.75) is 6.61 Å². The molecule has 1 heterocycles. The van der Waals surface area contributed by atoms with E-state index in [9.17, 15) is 4.79 Å². The van der Waals surface area contributed by atoms with Crippen LogP contribution in [0.2, 0.25) is 5.02 Å². The molecule has 0 fully saturated rings. The second-order valence-electron chi connectivity index (χ2n) is 6.82. The van der Waals surface area contributed by atoms with Crippen molar-refractivity contribution in [2.75, 3.05) is 19.0 Å². The van der Waals surface area contributed by atoms with Crippen molar-refractivity contribution in [3.8, 4) is 28.6 Å². The summed E-state index contributed by atoms with van der Waals surface area (Å²) >= 11 is 6.08. The number of aromatic nitrogens is 2. The third-order valence-corrected chi connectivity index (χ3v) is 4.80. The van der Waals surface area contributed by atoms with Gasteiger partial charge in [-0.2, -0.15) is 4.98 Å². The SMILES string of the molecule is COc1ccc(NC(=O)COc2cccc(-c3noc(COc4ccccc4Cl)n3)c2)cc1. The lowest BCUT2D eigenvalue weighted by Crippen LogP contribution is -2.20. The van der Waals surface area contributed by atoms with Crippen molar-refractivity contribution in [1.82, 2.24) is 10.1 Å². The van der Waals surface area contributed by atoms with Crippen molar-refractivity contribution in [3.05, 3.63) is 83.7 Å². The summed E-state index contributed by atoms with van der Waals surface area (Å²) in [5.41, 5.74) is 1.33. The van der Waals surface area contributed by atoms with E-state index in [1.165, 1.54) is 0 Å². The number of amides is 1. The highest BCUT2D eigenvalue weighted by molar-refractivity contribution is 6.32. The van der Waals surface area contributed by atoms with E-state index in [2.05, 4.69) is 15.5 Å². The summed E-state index contributed by atoms with van der Waals surface area (Å²) in [7, 11) is 1.58. The van der Waals surface area contributed by atoms with E-state index >= 15 is 0 Å². The standard InChI is InChI=1S/C24H20ClN3O5/c1-30-18-11-9-17(10-12-18)26-22(29)14-31-19-6-4-5-16(13-19)24-27-23(33-28-24)15-32-21-8-3-2-7-20(21)25/h2-13H,14-15H2,1H3,(H,26,29). The fourth-order valence-corrected chi connectivity index (χ4v) is 3.07. The normalized spacial score (nSPS) is 10.5. The van der Waals surface area contributed by atoms with Crippen molar-refractivity contribution in [3.63, 3.8) is 0 Å². The Bertz CT molecular complexity index is 1230. The fraction of sp³-hybridized carbons (Fsp3) is 0.125. The number of rotatable bonds is 9. The highest BCUT2D eigenvalue weighted by Gasteiger charge is 2.12. The summed E-state index contributed by atoms with van der Waals surface area (Å²) in [5.74, 6) is 2.12. The number of benzene rings is 3. The molecule has 4 rings (SSSR count). The molecule has 0 bridgehead atoms. The Morgan fingerprint density at radius 2 is 1.82 bits per heavy atom. The van der Waals surface area contributed by atoms with Gasteiger partial charge >= 0.3 is 0 Å². The Kier molecular flexibility index (Phi) is 7.06. The number of carbonyl (C=O) groups excluding carboxylic acids is 1. The van der Waals surface area contributed by atoms with Crippen LogP contribution in [0.4, 0.5) is 5.69 Å². The first-order chi connectivity index (χ1) is 16.1. The second kappa shape index (κ2) is 10.5. The van der Waals surface area contributed by atoms with E-state index < -0.39 is 0 Å². The predicted molar refractivity (Wildman–Crippen MR) is 123 cm³/mol. The van der Waals surface area contributed by atoms with Gasteiger partial charge in [0.15, 0.2) is 13.2 Å². The number of nitrogens with one attached hydrogen (secondary N) is 1. The molecule has 1 amide bonds. The summed E-state index contributed by atoms with van der Waals surface area (Å²) < 4.78 is 21.6. The molecule has 0 saturated heterocycles. The number of carbonyl (C=O) groups is 1. The van der Waals surface area contributed by atoms with E-state index in [1.807, 2.05) is 18.2 Å². The first kappa shape index (κ1) is 22.2. The summed E-state index contributed by atoms with van der Waals surface area (Å²) in [5, 5.41) is 7.24. The maximum atomic E-state index is 12.2. The molecule has 4 aromatic rings. The number of hydrogen-bond acceptors (Lipinski definition) is 7. The lowest BCUT2D eigenvalue weighted by molar-refractivity contribution is -0.118. The van der Waals surface area contributed by atoms with Gasteiger partial charge in [0.2, 0.25) is 5.82 Å². The molecule has 0 aliphatic carbocycles. The third-order valence-electron chi connectivity index (χ3n) is 4.49. The Morgan fingerprint density at radius 3 is 2.61 bits per heavy atom. The molecule has 1 N–H and O–H groups in total. The van der Waals surface area contributed by atoms with Gasteiger partial charge in [0.05, 0.1) is 12.1 Å². The lowest BCUT2D eigenvalue weighted by atomic mass is 10.2. The van der Waals surface area contributed by atoms with Gasteiger partial charge in [0.25, 0.3) is 11.8 Å². The Labute approximate surface area is 195 Å². The Hall–Kier alpha value is -4.04. The molecule has 3 aromatic carbocycles. The summed E-state index contributed by atoms with van der Waals surface area (Å²) in [4.78, 5) is 16.5. The second-order valence-corrected chi connectivity index (χ2v) is 7.23. The van der Waals surface area contributed by atoms with Crippen LogP contribution < -0.4 is 19.5 Å². The van der Waals surface area contributed by atoms with E-state index in [-0.39, 0.29) is 19.1 Å². The van der Waals surface area contributed by atoms with Gasteiger partial charge in [-0.3, -0.25) is 4.79 Å². The molecule has 1 aromatic heterocycles. The average Bonchev–Trinajstić information content (AvgIpc) is 3.32. The minimum atomic E-state index is -0.288. The van der Waals surface area contributed by atoms with Crippen molar-refractivity contribution >= 4 is 23.2 Å². The van der Waals surface area contributed by atoms with Crippen LogP contribution in [0.5, 0.6) is 17.2 Å². The zero-order valence-corrected chi connectivity index (χ0v) is 18.4. The van der Waals surface area contributed by atoms with Crippen LogP contribution in [0.25, 0.3) is 11.4 Å². The third kappa shape index (κ3) is 6.02. The molecular weight excluding hydrogens is 446 g/mol. The number of ether oxygens (including phenoxy) is 3. The van der Waals surface area contributed by atoms with Crippen LogP contribution in [0.15, 0.2) is 77.3 Å². The van der Waals surface area contributed by atoms with Crippen LogP contribution in [0.1, 0.15) is 5.89 Å². The number of anilines is 1. The number of nitrogens with zero attached hydrogens (tertiary/aromatic N) is 2. The van der Waals surface area contributed by atoms with Crippen LogP contribution in [-0.2, 0) is 11.4 Å². The van der Waals surface area contributed by atoms with Crippen LogP contribution in [0.3, 0.4) is 0 Å². The molecule has 0 aliphatic rings. The van der Waals surface area contributed by atoms with Crippen molar-refractivity contribution in [1.29, 1.82) is 0 Å². The molecule has 0 atom stereocenters. The highest BCUT2D eigenvalue weighted by Crippen LogP contribution is 2.25. The summed E-state index contributed by atoms with van der Waals surface area (Å²) in [6, 6.07) is 21.2. The van der Waals surface area contributed by atoms with E-state index in [0.717, 1.165) is 0 Å². The number of para-hydroxylation sites is 1. The monoisotopic (exact) mass is 465 g/mol. The molecule has 0 aliphatic heterocycles. The molecule has 0 radical (unpaired) electrons. The Morgan fingerprint density at radius 1 is 1.00 bits per heavy atom. The van der Waals surface area contributed by atoms with Gasteiger partial charge in [-0.05, 0) is 48.5 Å². The average molecular weight is 466 g/mol. The maximum absolute atomic E-state index is 12.2. The van der Waals surface area contributed by atoms with Crippen LogP contribution in [0, 0.1) is 0 Å². The van der Waals surface area contributed by atoms with Gasteiger partial charge in [-0.1, -0.05) is 41.0 Å². The summed E-state index contributed by atoms with van der Waals surface area (Å²) in [6.45, 7) is -0.0723. The van der Waals surface area contributed by atoms with Crippen LogP contribution >= 0.6 is 11.6 Å². The quantitative estimate of drug-likeness (QED) is 0.371. The van der Waals surface area contributed by atoms with Gasteiger partial charge < -0.3 is 24.1 Å². The number of methoxy groups -OCH3 is 1. The molecule has 168 valence electrons. The maximum Gasteiger partial charge on any atom is 0.264 e. The molecule has 9 heteroatoms. The Balaban J connectivity index is 1.33. The minimum absolute atomic E-state index is 0.0818. The zero-order chi connectivity index (χ0) is 23.0. The predicted octanol–water partition coefficient (Wildman–Crippen LogP) is 5.00. The van der Waals surface area contributed by atoms with E-state index in [1.54, 1.807) is 61.7 Å². The first-order valence-corrected chi connectivity index (χ1v) is 10.4. The van der Waals surface area contributed by atoms with Crippen molar-refractivity contribution < 1.29 is 23.5 Å². The van der Waals surface area contributed by atoms with Crippen molar-refractivity contribution in [2.24, 2.45) is 0 Å². The molecule has 0 spiro atoms. The number of hydrogen-bond donors (Lipinski definition) is 1. The smallest absolute Gasteiger partial charge is 0.264 e. The first-order valence-electron chi connectivity index (χ1n) is 9.98. The van der Waals surface area contributed by atoms with E-state index in [4.69, 9.17) is 30.3 Å². The molecule has 0 unspecified atom stereocenters. The molecule has 0 saturated carbocycles. The number of halogens is 1. The lowest BCUT2D eigenvalue weighted by Gasteiger charge is -2.08. The van der Waals surface area contributed by atoms with Gasteiger partial charge in [0, 0.05) is 11.3 Å². The summed E-state index contributed by atoms with van der Waals surface area (Å²) in [6.07, 6.45) is 0. The largest absolute Gasteiger partial charge is 0.497 e. The van der Waals surface area contributed by atoms with Gasteiger partial charge in [0.1, 0.15) is 17.2 Å². The minimum Gasteiger partial charge on any atom is -0.497 e. The topological polar surface area (TPSA) is 95.7 Å². The highest BCUT2D eigenvalue weighted by atomic mass is 35.5. The molecular formula is C24H20ClN3O5. The van der Waals surface area contributed by atoms with E-state index in [0.29, 0.717) is 45.2 Å². The fourth-order valence-electron chi connectivity index (χ4n) is 2.88. The molecule has 8 nitrogen and oxygen atoms in total. The zero-order valence-electron chi connectivity index (χ0n) is 17.7.